The Balaban J connectivity index is 2.35. The van der Waals surface area contributed by atoms with E-state index in [4.69, 9.17) is 9.84 Å². The van der Waals surface area contributed by atoms with Crippen molar-refractivity contribution < 1.29 is 19.4 Å². The van der Waals surface area contributed by atoms with Crippen LogP contribution in [-0.4, -0.2) is 60.3 Å². The first-order valence-electron chi connectivity index (χ1n) is 6.73. The van der Waals surface area contributed by atoms with Crippen LogP contribution in [0, 0.1) is 5.92 Å². The summed E-state index contributed by atoms with van der Waals surface area (Å²) in [6.45, 7) is 8.04. The lowest BCUT2D eigenvalue weighted by molar-refractivity contribution is -0.142. The van der Waals surface area contributed by atoms with Gasteiger partial charge in [-0.3, -0.25) is 14.5 Å². The largest absolute Gasteiger partial charge is 0.481 e. The third-order valence-electron chi connectivity index (χ3n) is 3.38. The molecule has 1 aliphatic rings. The molecule has 110 valence electrons. The lowest BCUT2D eigenvalue weighted by Crippen LogP contribution is -2.49. The Kier molecular flexibility index (Phi) is 6.24. The molecular formula is C13H24N2O4. The van der Waals surface area contributed by atoms with Gasteiger partial charge in [0, 0.05) is 19.1 Å². The molecule has 2 atom stereocenters. The fourth-order valence-corrected chi connectivity index (χ4v) is 1.91. The van der Waals surface area contributed by atoms with E-state index in [0.717, 1.165) is 0 Å². The molecule has 2 N–H and O–H groups in total. The highest BCUT2D eigenvalue weighted by Gasteiger charge is 2.24. The van der Waals surface area contributed by atoms with Gasteiger partial charge >= 0.3 is 5.97 Å². The smallest absolute Gasteiger partial charge is 0.306 e. The van der Waals surface area contributed by atoms with E-state index >= 15 is 0 Å². The molecule has 0 aromatic rings. The summed E-state index contributed by atoms with van der Waals surface area (Å²) >= 11 is 0. The Morgan fingerprint density at radius 3 is 2.68 bits per heavy atom. The summed E-state index contributed by atoms with van der Waals surface area (Å²) in [7, 11) is 0. The van der Waals surface area contributed by atoms with Crippen molar-refractivity contribution in [3.8, 4) is 0 Å². The fourth-order valence-electron chi connectivity index (χ4n) is 1.91. The molecule has 0 radical (unpaired) electrons. The van der Waals surface area contributed by atoms with Crippen molar-refractivity contribution in [2.24, 2.45) is 5.92 Å². The summed E-state index contributed by atoms with van der Waals surface area (Å²) in [5.41, 5.74) is 0. The molecule has 2 unspecified atom stereocenters. The quantitative estimate of drug-likeness (QED) is 0.728. The number of hydrogen-bond donors (Lipinski definition) is 2. The van der Waals surface area contributed by atoms with E-state index in [0.29, 0.717) is 32.2 Å². The minimum Gasteiger partial charge on any atom is -0.481 e. The second-order valence-corrected chi connectivity index (χ2v) is 5.43. The number of ether oxygens (including phenoxy) is 1. The second kappa shape index (κ2) is 7.45. The number of carboxylic acids is 1. The summed E-state index contributed by atoms with van der Waals surface area (Å²) in [5.74, 6) is -0.490. The fraction of sp³-hybridized carbons (Fsp3) is 0.846. The summed E-state index contributed by atoms with van der Waals surface area (Å²) in [6.07, 6.45) is -0.331. The highest BCUT2D eigenvalue weighted by molar-refractivity contribution is 5.78. The third-order valence-corrected chi connectivity index (χ3v) is 3.38. The first-order valence-corrected chi connectivity index (χ1v) is 6.73. The third kappa shape index (κ3) is 6.02. The Labute approximate surface area is 114 Å². The number of rotatable bonds is 6. The molecule has 0 aromatic heterocycles. The van der Waals surface area contributed by atoms with Gasteiger partial charge in [-0.05, 0) is 12.8 Å². The van der Waals surface area contributed by atoms with E-state index in [1.165, 1.54) is 0 Å². The topological polar surface area (TPSA) is 78.9 Å². The molecule has 1 heterocycles. The standard InChI is InChI=1S/C13H24N2O4/c1-9(2)10(3)14-12(16)8-15-4-5-19-11(7-15)6-13(17)18/h9-11H,4-8H2,1-3H3,(H,14,16)(H,17,18). The van der Waals surface area contributed by atoms with Crippen LogP contribution in [0.1, 0.15) is 27.2 Å². The molecule has 1 saturated heterocycles. The number of carbonyl (C=O) groups excluding carboxylic acids is 1. The van der Waals surface area contributed by atoms with Crippen LogP contribution in [0.3, 0.4) is 0 Å². The minimum atomic E-state index is -0.871. The van der Waals surface area contributed by atoms with Gasteiger partial charge in [0.25, 0.3) is 0 Å². The van der Waals surface area contributed by atoms with Crippen LogP contribution in [0.15, 0.2) is 0 Å². The monoisotopic (exact) mass is 272 g/mol. The van der Waals surface area contributed by atoms with E-state index in [-0.39, 0.29) is 24.5 Å². The molecule has 1 amide bonds. The number of carbonyl (C=O) groups is 2. The summed E-state index contributed by atoms with van der Waals surface area (Å²) in [6, 6.07) is 0.142. The lowest BCUT2D eigenvalue weighted by Gasteiger charge is -2.32. The average molecular weight is 272 g/mol. The number of nitrogens with one attached hydrogen (secondary N) is 1. The van der Waals surface area contributed by atoms with Gasteiger partial charge in [-0.2, -0.15) is 0 Å². The van der Waals surface area contributed by atoms with Crippen molar-refractivity contribution in [2.45, 2.75) is 39.3 Å². The second-order valence-electron chi connectivity index (χ2n) is 5.43. The molecule has 0 spiro atoms. The van der Waals surface area contributed by atoms with Gasteiger partial charge in [0.05, 0.1) is 25.7 Å². The highest BCUT2D eigenvalue weighted by Crippen LogP contribution is 2.08. The van der Waals surface area contributed by atoms with Crippen LogP contribution in [-0.2, 0) is 14.3 Å². The molecule has 0 bridgehead atoms. The van der Waals surface area contributed by atoms with Crippen molar-refractivity contribution in [3.05, 3.63) is 0 Å². The van der Waals surface area contributed by atoms with Gasteiger partial charge < -0.3 is 15.2 Å². The van der Waals surface area contributed by atoms with E-state index in [1.54, 1.807) is 0 Å². The highest BCUT2D eigenvalue weighted by atomic mass is 16.5. The minimum absolute atomic E-state index is 0.0134. The maximum absolute atomic E-state index is 11.8. The Hall–Kier alpha value is -1.14. The molecule has 6 nitrogen and oxygen atoms in total. The summed E-state index contributed by atoms with van der Waals surface area (Å²) in [5, 5.41) is 11.7. The molecule has 0 saturated carbocycles. The predicted molar refractivity (Wildman–Crippen MR) is 70.9 cm³/mol. The number of nitrogens with zero attached hydrogens (tertiary/aromatic N) is 1. The van der Waals surface area contributed by atoms with Gasteiger partial charge in [0.2, 0.25) is 5.91 Å². The van der Waals surface area contributed by atoms with Crippen LogP contribution in [0.25, 0.3) is 0 Å². The molecule has 19 heavy (non-hydrogen) atoms. The van der Waals surface area contributed by atoms with E-state index in [1.807, 2.05) is 11.8 Å². The lowest BCUT2D eigenvalue weighted by atomic mass is 10.1. The number of hydrogen-bond acceptors (Lipinski definition) is 4. The molecular weight excluding hydrogens is 248 g/mol. The van der Waals surface area contributed by atoms with Crippen molar-refractivity contribution in [2.75, 3.05) is 26.2 Å². The van der Waals surface area contributed by atoms with Gasteiger partial charge in [-0.25, -0.2) is 0 Å². The number of amides is 1. The zero-order chi connectivity index (χ0) is 14.4. The molecule has 1 rings (SSSR count). The van der Waals surface area contributed by atoms with Crippen molar-refractivity contribution in [1.29, 1.82) is 0 Å². The van der Waals surface area contributed by atoms with Gasteiger partial charge in [0.1, 0.15) is 0 Å². The summed E-state index contributed by atoms with van der Waals surface area (Å²) < 4.78 is 5.37. The first kappa shape index (κ1) is 15.9. The Morgan fingerprint density at radius 1 is 1.42 bits per heavy atom. The molecule has 0 aliphatic carbocycles. The van der Waals surface area contributed by atoms with Gasteiger partial charge in [-0.1, -0.05) is 13.8 Å². The number of morpholine rings is 1. The summed E-state index contributed by atoms with van der Waals surface area (Å²) in [4.78, 5) is 24.4. The van der Waals surface area contributed by atoms with E-state index < -0.39 is 5.97 Å². The zero-order valence-corrected chi connectivity index (χ0v) is 11.9. The maximum atomic E-state index is 11.8. The Bertz CT molecular complexity index is 320. The first-order chi connectivity index (χ1) is 8.88. The normalized spacial score (nSPS) is 22.2. The molecule has 1 aliphatic heterocycles. The SMILES string of the molecule is CC(C)C(C)NC(=O)CN1CCOC(CC(=O)O)C1. The van der Waals surface area contributed by atoms with Crippen LogP contribution in [0.2, 0.25) is 0 Å². The van der Waals surface area contributed by atoms with Gasteiger partial charge in [-0.15, -0.1) is 0 Å². The predicted octanol–water partition coefficient (Wildman–Crippen LogP) is 0.323. The van der Waals surface area contributed by atoms with Crippen LogP contribution in [0.4, 0.5) is 0 Å². The zero-order valence-electron chi connectivity index (χ0n) is 11.9. The van der Waals surface area contributed by atoms with E-state index in [9.17, 15) is 9.59 Å². The van der Waals surface area contributed by atoms with Crippen molar-refractivity contribution >= 4 is 11.9 Å². The van der Waals surface area contributed by atoms with Crippen molar-refractivity contribution in [3.63, 3.8) is 0 Å². The van der Waals surface area contributed by atoms with Crippen LogP contribution < -0.4 is 5.32 Å². The maximum Gasteiger partial charge on any atom is 0.306 e. The number of aliphatic carboxylic acids is 1. The molecule has 1 fully saturated rings. The van der Waals surface area contributed by atoms with Crippen LogP contribution >= 0.6 is 0 Å². The van der Waals surface area contributed by atoms with Crippen LogP contribution in [0.5, 0.6) is 0 Å². The van der Waals surface area contributed by atoms with Gasteiger partial charge in [0.15, 0.2) is 0 Å². The Morgan fingerprint density at radius 2 is 2.11 bits per heavy atom. The molecule has 0 aromatic carbocycles. The average Bonchev–Trinajstić information content (AvgIpc) is 2.27. The van der Waals surface area contributed by atoms with E-state index in [2.05, 4.69) is 19.2 Å². The number of carboxylic acid groups (broad SMARTS) is 1. The van der Waals surface area contributed by atoms with Crippen molar-refractivity contribution in [1.82, 2.24) is 10.2 Å². The molecule has 6 heteroatoms.